The summed E-state index contributed by atoms with van der Waals surface area (Å²) >= 11 is 1.97. The summed E-state index contributed by atoms with van der Waals surface area (Å²) < 4.78 is 13.3. The molecule has 0 saturated carbocycles. The highest BCUT2D eigenvalue weighted by Gasteiger charge is 1.96. The van der Waals surface area contributed by atoms with Gasteiger partial charge in [0.15, 0.2) is 0 Å². The molecule has 1 N–H and O–H groups in total. The number of carbonyl (C=O) groups excluding carboxylic acids is 1. The third-order valence-electron chi connectivity index (χ3n) is 1.09. The number of halogens is 2. The number of nitrogens with one attached hydrogen (secondary N) is 1. The number of carbonyl (C=O) groups is 1. The second-order valence-corrected chi connectivity index (χ2v) is 3.17. The highest BCUT2D eigenvalue weighted by atomic mass is 127. The molecule has 0 aliphatic heterocycles. The van der Waals surface area contributed by atoms with Crippen LogP contribution < -0.4 is 5.32 Å². The van der Waals surface area contributed by atoms with E-state index in [4.69, 9.17) is 0 Å². The second-order valence-electron chi connectivity index (χ2n) is 1.92. The van der Waals surface area contributed by atoms with E-state index in [0.29, 0.717) is 12.1 Å². The topological polar surface area (TPSA) is 29.1 Å². The second kappa shape index (κ2) is 3.66. The molecule has 0 aromatic heterocycles. The first-order valence-electron chi connectivity index (χ1n) is 2.88. The molecule has 2 nitrogen and oxygen atoms in total. The first-order chi connectivity index (χ1) is 5.22. The van der Waals surface area contributed by atoms with Gasteiger partial charge in [0.05, 0.1) is 0 Å². The highest BCUT2D eigenvalue weighted by molar-refractivity contribution is 14.1. The summed E-state index contributed by atoms with van der Waals surface area (Å²) in [4.78, 5) is 9.96. The minimum absolute atomic E-state index is 0.346. The van der Waals surface area contributed by atoms with Crippen molar-refractivity contribution in [3.8, 4) is 0 Å². The van der Waals surface area contributed by atoms with Crippen molar-refractivity contribution in [2.75, 3.05) is 5.32 Å². The van der Waals surface area contributed by atoms with Crippen molar-refractivity contribution in [1.82, 2.24) is 0 Å². The van der Waals surface area contributed by atoms with E-state index < -0.39 is 0 Å². The van der Waals surface area contributed by atoms with Gasteiger partial charge in [-0.25, -0.2) is 4.39 Å². The van der Waals surface area contributed by atoms with E-state index in [1.54, 1.807) is 6.07 Å². The molecule has 0 radical (unpaired) electrons. The van der Waals surface area contributed by atoms with Gasteiger partial charge in [0.2, 0.25) is 6.41 Å². The van der Waals surface area contributed by atoms with Crippen molar-refractivity contribution in [3.05, 3.63) is 27.6 Å². The maximum absolute atomic E-state index is 12.6. The Bertz CT molecular complexity index is 257. The molecule has 0 bridgehead atoms. The Balaban J connectivity index is 2.98. The predicted octanol–water partition coefficient (Wildman–Crippen LogP) is 2.00. The number of rotatable bonds is 2. The Kier molecular flexibility index (Phi) is 2.81. The van der Waals surface area contributed by atoms with Crippen LogP contribution in [0.1, 0.15) is 0 Å². The average Bonchev–Trinajstić information content (AvgIpc) is 1.85. The van der Waals surface area contributed by atoms with Crippen LogP contribution in [0.25, 0.3) is 0 Å². The number of amides is 1. The van der Waals surface area contributed by atoms with Crippen molar-refractivity contribution in [1.29, 1.82) is 0 Å². The summed E-state index contributed by atoms with van der Waals surface area (Å²) in [7, 11) is 0. The molecule has 1 aromatic carbocycles. The van der Waals surface area contributed by atoms with Crippen LogP contribution in [0.4, 0.5) is 10.1 Å². The Labute approximate surface area is 76.9 Å². The van der Waals surface area contributed by atoms with Gasteiger partial charge in [0.1, 0.15) is 5.82 Å². The minimum atomic E-state index is -0.346. The molecule has 11 heavy (non-hydrogen) atoms. The summed E-state index contributed by atoms with van der Waals surface area (Å²) in [5, 5.41) is 2.36. The molecule has 58 valence electrons. The monoisotopic (exact) mass is 265 g/mol. The van der Waals surface area contributed by atoms with E-state index in [-0.39, 0.29) is 5.82 Å². The van der Waals surface area contributed by atoms with Crippen molar-refractivity contribution in [3.63, 3.8) is 0 Å². The van der Waals surface area contributed by atoms with E-state index in [2.05, 4.69) is 5.32 Å². The van der Waals surface area contributed by atoms with Gasteiger partial charge in [-0.05, 0) is 40.8 Å². The van der Waals surface area contributed by atoms with Gasteiger partial charge < -0.3 is 5.32 Å². The van der Waals surface area contributed by atoms with Crippen LogP contribution in [-0.2, 0) is 4.79 Å². The molecular weight excluding hydrogens is 260 g/mol. The molecule has 0 aliphatic rings. The highest BCUT2D eigenvalue weighted by Crippen LogP contribution is 2.14. The van der Waals surface area contributed by atoms with Crippen LogP contribution >= 0.6 is 22.6 Å². The summed E-state index contributed by atoms with van der Waals surface area (Å²) in [5.74, 6) is -0.346. The van der Waals surface area contributed by atoms with Crippen LogP contribution in [0, 0.1) is 9.39 Å². The summed E-state index contributed by atoms with van der Waals surface area (Å²) in [6, 6.07) is 4.32. The van der Waals surface area contributed by atoms with E-state index in [9.17, 15) is 9.18 Å². The van der Waals surface area contributed by atoms with Crippen molar-refractivity contribution >= 4 is 34.7 Å². The third kappa shape index (κ3) is 2.45. The normalized spacial score (nSPS) is 9.27. The molecule has 0 atom stereocenters. The quantitative estimate of drug-likeness (QED) is 0.643. The van der Waals surface area contributed by atoms with Crippen LogP contribution in [0.2, 0.25) is 0 Å². The van der Waals surface area contributed by atoms with E-state index in [1.165, 1.54) is 12.1 Å². The molecule has 0 heterocycles. The molecule has 4 heteroatoms. The molecule has 0 unspecified atom stereocenters. The number of hydrogen-bond donors (Lipinski definition) is 1. The fraction of sp³-hybridized carbons (Fsp3) is 0. The van der Waals surface area contributed by atoms with Gasteiger partial charge in [0, 0.05) is 9.26 Å². The average molecular weight is 265 g/mol. The van der Waals surface area contributed by atoms with Crippen LogP contribution in [0.5, 0.6) is 0 Å². The van der Waals surface area contributed by atoms with Crippen LogP contribution in [-0.4, -0.2) is 6.41 Å². The molecule has 1 amide bonds. The van der Waals surface area contributed by atoms with Gasteiger partial charge in [-0.3, -0.25) is 4.79 Å². The van der Waals surface area contributed by atoms with Gasteiger partial charge in [-0.2, -0.15) is 0 Å². The van der Waals surface area contributed by atoms with Gasteiger partial charge in [-0.15, -0.1) is 0 Å². The van der Waals surface area contributed by atoms with E-state index >= 15 is 0 Å². The number of hydrogen-bond acceptors (Lipinski definition) is 1. The molecular formula is C7H5FINO. The number of benzene rings is 1. The van der Waals surface area contributed by atoms with Crippen LogP contribution in [0.15, 0.2) is 18.2 Å². The Morgan fingerprint density at radius 1 is 1.45 bits per heavy atom. The fourth-order valence-electron chi connectivity index (χ4n) is 0.705. The lowest BCUT2D eigenvalue weighted by Crippen LogP contribution is -1.94. The van der Waals surface area contributed by atoms with Crippen molar-refractivity contribution < 1.29 is 9.18 Å². The predicted molar refractivity (Wildman–Crippen MR) is 48.8 cm³/mol. The molecule has 0 spiro atoms. The first kappa shape index (κ1) is 8.45. The maximum atomic E-state index is 12.6. The standard InChI is InChI=1S/C7H5FINO/c8-5-1-6(9)3-7(2-5)10-4-11/h1-4H,(H,10,11). The lowest BCUT2D eigenvalue weighted by molar-refractivity contribution is -0.105. The van der Waals surface area contributed by atoms with Crippen LogP contribution in [0.3, 0.4) is 0 Å². The lowest BCUT2D eigenvalue weighted by atomic mass is 10.3. The largest absolute Gasteiger partial charge is 0.329 e. The van der Waals surface area contributed by atoms with Gasteiger partial charge >= 0.3 is 0 Å². The maximum Gasteiger partial charge on any atom is 0.211 e. The minimum Gasteiger partial charge on any atom is -0.329 e. The Morgan fingerprint density at radius 3 is 2.73 bits per heavy atom. The Morgan fingerprint density at radius 2 is 2.18 bits per heavy atom. The Hall–Kier alpha value is -0.650. The first-order valence-corrected chi connectivity index (χ1v) is 3.96. The zero-order valence-corrected chi connectivity index (χ0v) is 7.63. The smallest absolute Gasteiger partial charge is 0.211 e. The molecule has 0 aliphatic carbocycles. The summed E-state index contributed by atoms with van der Waals surface area (Å²) in [6.07, 6.45) is 0.519. The third-order valence-corrected chi connectivity index (χ3v) is 1.71. The summed E-state index contributed by atoms with van der Waals surface area (Å²) in [5.41, 5.74) is 0.476. The molecule has 1 rings (SSSR count). The van der Waals surface area contributed by atoms with Gasteiger partial charge in [0.25, 0.3) is 0 Å². The zero-order valence-electron chi connectivity index (χ0n) is 5.47. The SMILES string of the molecule is O=CNc1cc(F)cc(I)c1. The molecule has 0 saturated heterocycles. The summed E-state index contributed by atoms with van der Waals surface area (Å²) in [6.45, 7) is 0. The number of anilines is 1. The lowest BCUT2D eigenvalue weighted by Gasteiger charge is -1.98. The van der Waals surface area contributed by atoms with E-state index in [1.807, 2.05) is 22.6 Å². The molecule has 0 fully saturated rings. The van der Waals surface area contributed by atoms with E-state index in [0.717, 1.165) is 3.57 Å². The van der Waals surface area contributed by atoms with Gasteiger partial charge in [-0.1, -0.05) is 0 Å². The molecule has 1 aromatic rings. The fourth-order valence-corrected chi connectivity index (χ4v) is 1.34. The van der Waals surface area contributed by atoms with Crippen molar-refractivity contribution in [2.24, 2.45) is 0 Å². The van der Waals surface area contributed by atoms with Crippen molar-refractivity contribution in [2.45, 2.75) is 0 Å². The zero-order chi connectivity index (χ0) is 8.27.